The average molecular weight is 681 g/mol. The molecule has 0 fully saturated rings. The molecule has 0 heterocycles. The molecule has 0 aliphatic rings. The van der Waals surface area contributed by atoms with Crippen LogP contribution in [0.3, 0.4) is 0 Å². The smallest absolute Gasteiger partial charge is 0.306 e. The van der Waals surface area contributed by atoms with Crippen molar-refractivity contribution in [3.63, 3.8) is 0 Å². The Morgan fingerprint density at radius 3 is 0.833 bits per heavy atom. The Morgan fingerprint density at radius 1 is 0.333 bits per heavy atom. The highest BCUT2D eigenvalue weighted by atomic mass is 16.6. The van der Waals surface area contributed by atoms with Gasteiger partial charge in [0, 0.05) is 19.3 Å². The monoisotopic (exact) mass is 681 g/mol. The van der Waals surface area contributed by atoms with Crippen LogP contribution in [-0.4, -0.2) is 37.2 Å². The summed E-state index contributed by atoms with van der Waals surface area (Å²) in [5.74, 6) is -0.864. The first kappa shape index (κ1) is 46.4. The Balaban J connectivity index is 4.29. The highest BCUT2D eigenvalue weighted by Gasteiger charge is 2.19. The van der Waals surface area contributed by atoms with Crippen LogP contribution < -0.4 is 0 Å². The van der Waals surface area contributed by atoms with E-state index in [-0.39, 0.29) is 31.1 Å². The van der Waals surface area contributed by atoms with Crippen LogP contribution in [0.2, 0.25) is 0 Å². The van der Waals surface area contributed by atoms with Crippen LogP contribution in [0.25, 0.3) is 0 Å². The molecule has 0 aliphatic heterocycles. The molecule has 0 N–H and O–H groups in total. The molecule has 6 nitrogen and oxygen atoms in total. The molecule has 0 rings (SSSR count). The van der Waals surface area contributed by atoms with E-state index in [0.717, 1.165) is 57.8 Å². The van der Waals surface area contributed by atoms with Crippen molar-refractivity contribution >= 4 is 17.9 Å². The minimum Gasteiger partial charge on any atom is -0.462 e. The van der Waals surface area contributed by atoms with Crippen LogP contribution in [0.1, 0.15) is 233 Å². The van der Waals surface area contributed by atoms with Gasteiger partial charge in [-0.3, -0.25) is 14.4 Å². The predicted octanol–water partition coefficient (Wildman–Crippen LogP) is 12.9. The normalized spacial score (nSPS) is 11.8. The summed E-state index contributed by atoms with van der Waals surface area (Å²) in [6.45, 7) is 6.59. The third kappa shape index (κ3) is 35.7. The van der Waals surface area contributed by atoms with Gasteiger partial charge in [0.15, 0.2) is 6.10 Å². The lowest BCUT2D eigenvalue weighted by atomic mass is 10.0. The van der Waals surface area contributed by atoms with Gasteiger partial charge in [-0.15, -0.1) is 0 Å². The lowest BCUT2D eigenvalue weighted by Gasteiger charge is -2.18. The van der Waals surface area contributed by atoms with Gasteiger partial charge in [-0.2, -0.15) is 0 Å². The number of rotatable bonds is 38. The van der Waals surface area contributed by atoms with E-state index in [9.17, 15) is 14.4 Å². The number of carbonyl (C=O) groups is 3. The predicted molar refractivity (Wildman–Crippen MR) is 201 cm³/mol. The second-order valence-corrected chi connectivity index (χ2v) is 14.3. The minimum atomic E-state index is -0.755. The Bertz CT molecular complexity index is 708. The second-order valence-electron chi connectivity index (χ2n) is 14.3. The third-order valence-corrected chi connectivity index (χ3v) is 9.36. The quantitative estimate of drug-likeness (QED) is 0.0367. The maximum atomic E-state index is 12.6. The van der Waals surface area contributed by atoms with E-state index in [0.29, 0.717) is 19.3 Å². The first-order valence-corrected chi connectivity index (χ1v) is 21.0. The van der Waals surface area contributed by atoms with Crippen molar-refractivity contribution < 1.29 is 28.6 Å². The van der Waals surface area contributed by atoms with Crippen LogP contribution in [0.4, 0.5) is 0 Å². The van der Waals surface area contributed by atoms with Crippen LogP contribution in [0, 0.1) is 0 Å². The molecule has 0 aromatic rings. The Kier molecular flexibility index (Phi) is 36.9. The molecule has 0 amide bonds. The summed E-state index contributed by atoms with van der Waals surface area (Å²) >= 11 is 0. The van der Waals surface area contributed by atoms with Gasteiger partial charge in [0.2, 0.25) is 0 Å². The van der Waals surface area contributed by atoms with E-state index >= 15 is 0 Å². The van der Waals surface area contributed by atoms with Crippen LogP contribution in [0.5, 0.6) is 0 Å². The summed E-state index contributed by atoms with van der Waals surface area (Å²) < 4.78 is 16.6. The number of esters is 3. The molecule has 284 valence electrons. The van der Waals surface area contributed by atoms with E-state index in [1.807, 2.05) is 0 Å². The standard InChI is InChI=1S/C42H80O6/c1-4-7-10-13-16-18-20-22-23-26-29-32-35-41(44)47-38-39(37-46-40(43)34-31-28-25-15-12-9-6-3)48-42(45)36-33-30-27-24-21-19-17-14-11-8-5-2/h39H,4-38H2,1-3H3/t39-/m0/s1. The van der Waals surface area contributed by atoms with Gasteiger partial charge in [0.25, 0.3) is 0 Å². The largest absolute Gasteiger partial charge is 0.462 e. The number of carbonyl (C=O) groups excluding carboxylic acids is 3. The summed E-state index contributed by atoms with van der Waals surface area (Å²) in [5, 5.41) is 0. The molecular weight excluding hydrogens is 600 g/mol. The van der Waals surface area contributed by atoms with Gasteiger partial charge in [0.1, 0.15) is 13.2 Å². The third-order valence-electron chi connectivity index (χ3n) is 9.36. The Morgan fingerprint density at radius 2 is 0.562 bits per heavy atom. The number of hydrogen-bond donors (Lipinski definition) is 0. The summed E-state index contributed by atoms with van der Waals surface area (Å²) in [6, 6.07) is 0. The van der Waals surface area contributed by atoms with Crippen molar-refractivity contribution in [2.24, 2.45) is 0 Å². The average Bonchev–Trinajstić information content (AvgIpc) is 3.08. The van der Waals surface area contributed by atoms with E-state index < -0.39 is 6.10 Å². The van der Waals surface area contributed by atoms with Crippen LogP contribution in [-0.2, 0) is 28.6 Å². The first-order valence-electron chi connectivity index (χ1n) is 21.0. The van der Waals surface area contributed by atoms with Gasteiger partial charge in [-0.1, -0.05) is 194 Å². The molecule has 0 radical (unpaired) electrons. The molecule has 48 heavy (non-hydrogen) atoms. The molecule has 0 saturated carbocycles. The summed E-state index contributed by atoms with van der Waals surface area (Å²) in [4.78, 5) is 37.4. The van der Waals surface area contributed by atoms with E-state index in [1.54, 1.807) is 0 Å². The van der Waals surface area contributed by atoms with E-state index in [2.05, 4.69) is 20.8 Å². The SMILES string of the molecule is CCCCCCCCCCCCCCC(=O)OC[C@H](COC(=O)CCCCCCCCC)OC(=O)CCCCCCCCCCCCC. The highest BCUT2D eigenvalue weighted by Crippen LogP contribution is 2.15. The molecule has 6 heteroatoms. The van der Waals surface area contributed by atoms with Crippen molar-refractivity contribution in [2.75, 3.05) is 13.2 Å². The van der Waals surface area contributed by atoms with E-state index in [1.165, 1.54) is 135 Å². The molecule has 0 aliphatic carbocycles. The van der Waals surface area contributed by atoms with Crippen LogP contribution in [0.15, 0.2) is 0 Å². The van der Waals surface area contributed by atoms with Crippen molar-refractivity contribution in [1.82, 2.24) is 0 Å². The first-order chi connectivity index (χ1) is 23.5. The maximum absolute atomic E-state index is 12.6. The summed E-state index contributed by atoms with van der Waals surface area (Å²) in [7, 11) is 0. The van der Waals surface area contributed by atoms with Crippen molar-refractivity contribution in [3.05, 3.63) is 0 Å². The molecule has 0 unspecified atom stereocenters. The summed E-state index contributed by atoms with van der Waals surface area (Å²) in [5.41, 5.74) is 0. The molecule has 1 atom stereocenters. The highest BCUT2D eigenvalue weighted by molar-refractivity contribution is 5.71. The lowest BCUT2D eigenvalue weighted by molar-refractivity contribution is -0.167. The van der Waals surface area contributed by atoms with Crippen molar-refractivity contribution in [3.8, 4) is 0 Å². The van der Waals surface area contributed by atoms with E-state index in [4.69, 9.17) is 14.2 Å². The molecule has 0 saturated heterocycles. The van der Waals surface area contributed by atoms with Gasteiger partial charge in [-0.25, -0.2) is 0 Å². The fourth-order valence-corrected chi connectivity index (χ4v) is 6.15. The maximum Gasteiger partial charge on any atom is 0.306 e. The van der Waals surface area contributed by atoms with Crippen LogP contribution >= 0.6 is 0 Å². The molecule has 0 bridgehead atoms. The lowest BCUT2D eigenvalue weighted by Crippen LogP contribution is -2.30. The van der Waals surface area contributed by atoms with Gasteiger partial charge in [-0.05, 0) is 19.3 Å². The van der Waals surface area contributed by atoms with Gasteiger partial charge >= 0.3 is 17.9 Å². The number of ether oxygens (including phenoxy) is 3. The Labute approximate surface area is 298 Å². The zero-order valence-electron chi connectivity index (χ0n) is 32.3. The zero-order valence-corrected chi connectivity index (χ0v) is 32.3. The van der Waals surface area contributed by atoms with Gasteiger partial charge < -0.3 is 14.2 Å². The summed E-state index contributed by atoms with van der Waals surface area (Å²) in [6.07, 6.45) is 36.6. The molecule has 0 aromatic heterocycles. The van der Waals surface area contributed by atoms with Crippen molar-refractivity contribution in [2.45, 2.75) is 239 Å². The number of hydrogen-bond acceptors (Lipinski definition) is 6. The Hall–Kier alpha value is -1.59. The molecule has 0 spiro atoms. The zero-order chi connectivity index (χ0) is 35.2. The fraction of sp³-hybridized carbons (Fsp3) is 0.929. The van der Waals surface area contributed by atoms with Crippen molar-refractivity contribution in [1.29, 1.82) is 0 Å². The minimum absolute atomic E-state index is 0.0637. The second kappa shape index (κ2) is 38.2. The molecule has 0 aromatic carbocycles. The topological polar surface area (TPSA) is 78.9 Å². The number of unbranched alkanes of at least 4 members (excludes halogenated alkanes) is 27. The fourth-order valence-electron chi connectivity index (χ4n) is 6.15. The molecular formula is C42H80O6. The van der Waals surface area contributed by atoms with Gasteiger partial charge in [0.05, 0.1) is 0 Å².